The molecule has 1 heterocycles. The molecule has 0 aliphatic rings. The Morgan fingerprint density at radius 3 is 2.80 bits per heavy atom. The topological polar surface area (TPSA) is 86.1 Å². The Bertz CT molecular complexity index is 279. The molecule has 0 amide bonds. The number of hydrogen-bond acceptors (Lipinski definition) is 4. The van der Waals surface area contributed by atoms with Gasteiger partial charge in [0.2, 0.25) is 0 Å². The Labute approximate surface area is 57.2 Å². The van der Waals surface area contributed by atoms with E-state index in [1.165, 1.54) is 23.0 Å². The molecule has 5 nitrogen and oxygen atoms in total. The van der Waals surface area contributed by atoms with Gasteiger partial charge in [-0.05, 0) is 0 Å². The highest BCUT2D eigenvalue weighted by atomic mass is 16.1. The molecule has 1 rings (SSSR count). The van der Waals surface area contributed by atoms with Gasteiger partial charge in [0.25, 0.3) is 0 Å². The zero-order valence-electron chi connectivity index (χ0n) is 5.24. The van der Waals surface area contributed by atoms with Crippen LogP contribution in [0.1, 0.15) is 0 Å². The van der Waals surface area contributed by atoms with Crippen molar-refractivity contribution >= 4 is 5.82 Å². The van der Waals surface area contributed by atoms with Crippen molar-refractivity contribution in [3.63, 3.8) is 0 Å². The fourth-order valence-corrected chi connectivity index (χ4v) is 0.608. The van der Waals surface area contributed by atoms with Gasteiger partial charge >= 0.3 is 0 Å². The monoisotopic (exact) mass is 140 g/mol. The lowest BCUT2D eigenvalue weighted by Gasteiger charge is -2.04. The van der Waals surface area contributed by atoms with Gasteiger partial charge in [0, 0.05) is 18.3 Å². The van der Waals surface area contributed by atoms with E-state index in [9.17, 15) is 4.79 Å². The summed E-state index contributed by atoms with van der Waals surface area (Å²) in [5.41, 5.74) is 2.14. The molecule has 0 radical (unpaired) electrons. The normalized spacial score (nSPS) is 9.30. The van der Waals surface area contributed by atoms with Gasteiger partial charge in [-0.1, -0.05) is 0 Å². The molecule has 54 valence electrons. The highest BCUT2D eigenvalue weighted by Crippen LogP contribution is 1.94. The Hall–Kier alpha value is -1.49. The summed E-state index contributed by atoms with van der Waals surface area (Å²) >= 11 is 0. The first kappa shape index (κ1) is 6.63. The molecule has 0 aliphatic carbocycles. The average molecular weight is 140 g/mol. The Kier molecular flexibility index (Phi) is 1.59. The summed E-state index contributed by atoms with van der Waals surface area (Å²) in [5.74, 6) is 10.7. The van der Waals surface area contributed by atoms with E-state index in [-0.39, 0.29) is 5.43 Å². The maximum Gasteiger partial charge on any atom is 0.183 e. The number of nitrogens with two attached hydrogens (primary N) is 2. The third kappa shape index (κ3) is 1.08. The molecule has 0 aromatic carbocycles. The largest absolute Gasteiger partial charge is 0.338 e. The Morgan fingerprint density at radius 1 is 1.60 bits per heavy atom. The molecule has 0 saturated heterocycles. The highest BCUT2D eigenvalue weighted by molar-refractivity contribution is 5.33. The van der Waals surface area contributed by atoms with Crippen molar-refractivity contribution in [1.82, 2.24) is 4.68 Å². The van der Waals surface area contributed by atoms with Crippen LogP contribution in [0.25, 0.3) is 0 Å². The van der Waals surface area contributed by atoms with E-state index in [2.05, 4.69) is 5.43 Å². The fourth-order valence-electron chi connectivity index (χ4n) is 0.608. The zero-order valence-corrected chi connectivity index (χ0v) is 5.24. The number of nitrogens with one attached hydrogen (secondary N) is 1. The van der Waals surface area contributed by atoms with Crippen molar-refractivity contribution in [2.75, 3.05) is 11.3 Å². The van der Waals surface area contributed by atoms with Crippen LogP contribution in [-0.2, 0) is 0 Å². The molecule has 5 heteroatoms. The minimum absolute atomic E-state index is 0.130. The van der Waals surface area contributed by atoms with Gasteiger partial charge in [-0.15, -0.1) is 0 Å². The minimum atomic E-state index is -0.130. The van der Waals surface area contributed by atoms with Crippen molar-refractivity contribution in [3.05, 3.63) is 28.6 Å². The minimum Gasteiger partial charge on any atom is -0.338 e. The summed E-state index contributed by atoms with van der Waals surface area (Å²) < 4.78 is 1.22. The van der Waals surface area contributed by atoms with Gasteiger partial charge in [0.1, 0.15) is 5.82 Å². The molecule has 0 saturated carbocycles. The van der Waals surface area contributed by atoms with E-state index in [4.69, 9.17) is 11.7 Å². The molecular weight excluding hydrogens is 132 g/mol. The number of nitrogens with zero attached hydrogens (tertiary/aromatic N) is 1. The smallest absolute Gasteiger partial charge is 0.183 e. The van der Waals surface area contributed by atoms with E-state index in [1.54, 1.807) is 0 Å². The SMILES string of the molecule is NNc1cc(=O)ccn1N. The van der Waals surface area contributed by atoms with Crippen molar-refractivity contribution in [2.45, 2.75) is 0 Å². The standard InChI is InChI=1S/C5H8N4O/c6-8-5-3-4(10)1-2-9(5)7/h1-3,8H,6-7H2. The van der Waals surface area contributed by atoms with Crippen molar-refractivity contribution in [1.29, 1.82) is 0 Å². The maximum absolute atomic E-state index is 10.6. The number of nitrogen functional groups attached to an aromatic ring is 2. The summed E-state index contributed by atoms with van der Waals surface area (Å²) in [6, 6.07) is 2.65. The Morgan fingerprint density at radius 2 is 2.30 bits per heavy atom. The van der Waals surface area contributed by atoms with E-state index in [0.29, 0.717) is 5.82 Å². The van der Waals surface area contributed by atoms with Gasteiger partial charge < -0.3 is 11.3 Å². The molecule has 0 bridgehead atoms. The molecule has 0 aliphatic heterocycles. The van der Waals surface area contributed by atoms with E-state index < -0.39 is 0 Å². The first-order valence-corrected chi connectivity index (χ1v) is 2.68. The predicted octanol–water partition coefficient (Wildman–Crippen LogP) is -1.15. The van der Waals surface area contributed by atoms with Crippen LogP contribution in [0.4, 0.5) is 5.82 Å². The number of hydrogen-bond donors (Lipinski definition) is 3. The second-order valence-electron chi connectivity index (χ2n) is 1.80. The number of pyridine rings is 1. The number of aromatic nitrogens is 1. The van der Waals surface area contributed by atoms with E-state index in [0.717, 1.165) is 0 Å². The number of rotatable bonds is 1. The van der Waals surface area contributed by atoms with Gasteiger partial charge in [0.05, 0.1) is 0 Å². The lowest BCUT2D eigenvalue weighted by atomic mass is 10.4. The maximum atomic E-state index is 10.6. The summed E-state index contributed by atoms with van der Waals surface area (Å²) in [6.45, 7) is 0. The molecule has 10 heavy (non-hydrogen) atoms. The Balaban J connectivity index is 3.22. The number of anilines is 1. The highest BCUT2D eigenvalue weighted by Gasteiger charge is 1.92. The van der Waals surface area contributed by atoms with Gasteiger partial charge in [0.15, 0.2) is 5.43 Å². The molecular formula is C5H8N4O. The van der Waals surface area contributed by atoms with E-state index >= 15 is 0 Å². The van der Waals surface area contributed by atoms with Crippen molar-refractivity contribution < 1.29 is 0 Å². The second kappa shape index (κ2) is 2.40. The van der Waals surface area contributed by atoms with Crippen LogP contribution >= 0.6 is 0 Å². The molecule has 5 N–H and O–H groups in total. The van der Waals surface area contributed by atoms with Gasteiger partial charge in [-0.2, -0.15) is 0 Å². The second-order valence-corrected chi connectivity index (χ2v) is 1.80. The van der Waals surface area contributed by atoms with Gasteiger partial charge in [-0.25, -0.2) is 5.84 Å². The fraction of sp³-hybridized carbons (Fsp3) is 0. The van der Waals surface area contributed by atoms with Crippen molar-refractivity contribution in [2.24, 2.45) is 5.84 Å². The predicted molar refractivity (Wildman–Crippen MR) is 38.7 cm³/mol. The summed E-state index contributed by atoms with van der Waals surface area (Å²) in [7, 11) is 0. The molecule has 0 fully saturated rings. The van der Waals surface area contributed by atoms with Crippen LogP contribution in [0.15, 0.2) is 23.1 Å². The molecule has 0 unspecified atom stereocenters. The van der Waals surface area contributed by atoms with Crippen LogP contribution in [0.2, 0.25) is 0 Å². The molecule has 0 atom stereocenters. The first-order valence-electron chi connectivity index (χ1n) is 2.68. The molecule has 1 aromatic rings. The average Bonchev–Trinajstić information content (AvgIpc) is 1.94. The number of hydrazine groups is 1. The van der Waals surface area contributed by atoms with Gasteiger partial charge in [-0.3, -0.25) is 9.47 Å². The molecule has 1 aromatic heterocycles. The van der Waals surface area contributed by atoms with E-state index in [1.807, 2.05) is 0 Å². The zero-order chi connectivity index (χ0) is 7.56. The lowest BCUT2D eigenvalue weighted by molar-refractivity contribution is 0.975. The summed E-state index contributed by atoms with van der Waals surface area (Å²) in [4.78, 5) is 10.6. The quantitative estimate of drug-likeness (QED) is 0.339. The van der Waals surface area contributed by atoms with Crippen LogP contribution in [0.5, 0.6) is 0 Å². The first-order chi connectivity index (χ1) is 4.74. The lowest BCUT2D eigenvalue weighted by Crippen LogP contribution is -2.21. The third-order valence-electron chi connectivity index (χ3n) is 1.10. The van der Waals surface area contributed by atoms with Crippen molar-refractivity contribution in [3.8, 4) is 0 Å². The summed E-state index contributed by atoms with van der Waals surface area (Å²) in [5, 5.41) is 0. The summed E-state index contributed by atoms with van der Waals surface area (Å²) in [6.07, 6.45) is 1.43. The molecule has 0 spiro atoms. The third-order valence-corrected chi connectivity index (χ3v) is 1.10. The van der Waals surface area contributed by atoms with Crippen LogP contribution in [0, 0.1) is 0 Å². The van der Waals surface area contributed by atoms with Crippen LogP contribution in [-0.4, -0.2) is 4.68 Å². The van der Waals surface area contributed by atoms with Crippen LogP contribution in [0.3, 0.4) is 0 Å². The van der Waals surface area contributed by atoms with Crippen LogP contribution < -0.4 is 22.5 Å².